The Bertz CT molecular complexity index is 977. The number of amides is 2. The summed E-state index contributed by atoms with van der Waals surface area (Å²) in [5, 5.41) is 2.55. The number of anilines is 2. The molecule has 3 rings (SSSR count). The Labute approximate surface area is 161 Å². The van der Waals surface area contributed by atoms with Crippen molar-refractivity contribution in [1.29, 1.82) is 0 Å². The number of ether oxygens (including phenoxy) is 1. The number of carbonyl (C=O) groups is 2. The van der Waals surface area contributed by atoms with Crippen LogP contribution in [0.5, 0.6) is 0 Å². The van der Waals surface area contributed by atoms with Gasteiger partial charge in [0.25, 0.3) is 0 Å². The quantitative estimate of drug-likeness (QED) is 0.763. The van der Waals surface area contributed by atoms with Gasteiger partial charge in [-0.25, -0.2) is 22.3 Å². The van der Waals surface area contributed by atoms with Crippen LogP contribution in [0.1, 0.15) is 6.92 Å². The minimum absolute atomic E-state index is 0.0151. The van der Waals surface area contributed by atoms with Gasteiger partial charge in [0.05, 0.1) is 11.4 Å². The lowest BCUT2D eigenvalue weighted by Crippen LogP contribution is -2.34. The molecule has 0 saturated carbocycles. The number of cyclic esters (lactones) is 1. The van der Waals surface area contributed by atoms with Crippen molar-refractivity contribution in [3.8, 4) is 0 Å². The average Bonchev–Trinajstić information content (AvgIpc) is 3.01. The van der Waals surface area contributed by atoms with Crippen LogP contribution in [0.25, 0.3) is 0 Å². The molecule has 1 atom stereocenters. The number of carbonyl (C=O) groups excluding carboxylic acids is 2. The summed E-state index contributed by atoms with van der Waals surface area (Å²) < 4.78 is 45.4. The molecule has 1 aliphatic heterocycles. The smallest absolute Gasteiger partial charge is 0.414 e. The van der Waals surface area contributed by atoms with Crippen molar-refractivity contribution >= 4 is 33.4 Å². The van der Waals surface area contributed by atoms with E-state index in [4.69, 9.17) is 4.74 Å². The maximum absolute atomic E-state index is 13.0. The monoisotopic (exact) mass is 407 g/mol. The summed E-state index contributed by atoms with van der Waals surface area (Å²) in [7, 11) is -3.82. The molecule has 1 fully saturated rings. The Morgan fingerprint density at radius 2 is 1.82 bits per heavy atom. The minimum atomic E-state index is -3.82. The first-order valence-electron chi connectivity index (χ1n) is 8.35. The third-order valence-corrected chi connectivity index (χ3v) is 5.44. The van der Waals surface area contributed by atoms with E-state index in [2.05, 4.69) is 10.0 Å². The van der Waals surface area contributed by atoms with Crippen LogP contribution in [0.15, 0.2) is 53.4 Å². The number of hydrogen-bond acceptors (Lipinski definition) is 5. The lowest BCUT2D eigenvalue weighted by Gasteiger charge is -2.13. The van der Waals surface area contributed by atoms with Crippen LogP contribution in [0, 0.1) is 5.82 Å². The average molecular weight is 407 g/mol. The molecule has 2 aromatic carbocycles. The molecule has 28 heavy (non-hydrogen) atoms. The number of halogens is 1. The Morgan fingerprint density at radius 1 is 1.18 bits per heavy atom. The van der Waals surface area contributed by atoms with Gasteiger partial charge in [0.2, 0.25) is 15.9 Å². The second kappa shape index (κ2) is 7.95. The molecule has 0 spiro atoms. The third-order valence-electron chi connectivity index (χ3n) is 4.00. The zero-order chi connectivity index (χ0) is 20.3. The fourth-order valence-corrected chi connectivity index (χ4v) is 3.73. The largest absolute Gasteiger partial charge is 0.443 e. The molecule has 0 bridgehead atoms. The summed E-state index contributed by atoms with van der Waals surface area (Å²) in [6.07, 6.45) is -1.32. The Hall–Kier alpha value is -2.98. The number of benzene rings is 2. The summed E-state index contributed by atoms with van der Waals surface area (Å²) in [6.45, 7) is 1.37. The van der Waals surface area contributed by atoms with Crippen molar-refractivity contribution in [3.05, 3.63) is 54.3 Å². The highest BCUT2D eigenvalue weighted by Gasteiger charge is 2.33. The van der Waals surface area contributed by atoms with Gasteiger partial charge in [-0.2, -0.15) is 0 Å². The van der Waals surface area contributed by atoms with Gasteiger partial charge in [0, 0.05) is 24.8 Å². The standard InChI is InChI=1S/C18H18FN3O5S/c1-12(23)21-14-4-8-17(9-5-14)28(25,26)20-10-16-11-22(18(24)27-16)15-6-2-13(19)3-7-15/h2-9,16,20H,10-11H2,1H3,(H,21,23)/t16-/m1/s1. The predicted octanol–water partition coefficient (Wildman–Crippen LogP) is 2.09. The zero-order valence-electron chi connectivity index (χ0n) is 14.9. The van der Waals surface area contributed by atoms with Crippen LogP contribution >= 0.6 is 0 Å². The van der Waals surface area contributed by atoms with Gasteiger partial charge in [-0.05, 0) is 48.5 Å². The summed E-state index contributed by atoms with van der Waals surface area (Å²) in [6, 6.07) is 11.0. The van der Waals surface area contributed by atoms with Gasteiger partial charge < -0.3 is 10.1 Å². The molecular formula is C18H18FN3O5S. The number of nitrogens with one attached hydrogen (secondary N) is 2. The van der Waals surface area contributed by atoms with Crippen LogP contribution in [-0.2, 0) is 19.6 Å². The fraction of sp³-hybridized carbons (Fsp3) is 0.222. The first kappa shape index (κ1) is 19.8. The van der Waals surface area contributed by atoms with E-state index in [0.29, 0.717) is 11.4 Å². The lowest BCUT2D eigenvalue weighted by molar-refractivity contribution is -0.114. The maximum Gasteiger partial charge on any atom is 0.414 e. The molecule has 1 aliphatic rings. The van der Waals surface area contributed by atoms with Crippen molar-refractivity contribution in [2.75, 3.05) is 23.3 Å². The molecule has 2 aromatic rings. The molecule has 2 amide bonds. The number of nitrogens with zero attached hydrogens (tertiary/aromatic N) is 1. The molecule has 0 radical (unpaired) electrons. The summed E-state index contributed by atoms with van der Waals surface area (Å²) in [5.74, 6) is -0.687. The van der Waals surface area contributed by atoms with Gasteiger partial charge in [-0.15, -0.1) is 0 Å². The molecule has 0 aromatic heterocycles. The van der Waals surface area contributed by atoms with Crippen LogP contribution in [0.4, 0.5) is 20.6 Å². The maximum atomic E-state index is 13.0. The normalized spacial score (nSPS) is 16.7. The van der Waals surface area contributed by atoms with Crippen molar-refractivity contribution in [2.45, 2.75) is 17.9 Å². The van der Waals surface area contributed by atoms with E-state index < -0.39 is 28.0 Å². The first-order chi connectivity index (χ1) is 13.2. The Morgan fingerprint density at radius 3 is 2.43 bits per heavy atom. The van der Waals surface area contributed by atoms with E-state index in [9.17, 15) is 22.4 Å². The van der Waals surface area contributed by atoms with Gasteiger partial charge in [0.1, 0.15) is 11.9 Å². The minimum Gasteiger partial charge on any atom is -0.443 e. The third kappa shape index (κ3) is 4.65. The highest BCUT2D eigenvalue weighted by atomic mass is 32.2. The molecule has 148 valence electrons. The summed E-state index contributed by atoms with van der Waals surface area (Å²) >= 11 is 0. The second-order valence-electron chi connectivity index (χ2n) is 6.15. The van der Waals surface area contributed by atoms with Gasteiger partial charge >= 0.3 is 6.09 Å². The van der Waals surface area contributed by atoms with Crippen LogP contribution in [0.2, 0.25) is 0 Å². The summed E-state index contributed by atoms with van der Waals surface area (Å²) in [4.78, 5) is 24.3. The van der Waals surface area contributed by atoms with E-state index >= 15 is 0 Å². The number of rotatable bonds is 6. The number of sulfonamides is 1. The lowest BCUT2D eigenvalue weighted by atomic mass is 10.2. The van der Waals surface area contributed by atoms with E-state index in [1.54, 1.807) is 0 Å². The van der Waals surface area contributed by atoms with E-state index in [1.807, 2.05) is 0 Å². The Balaban J connectivity index is 1.61. The van der Waals surface area contributed by atoms with E-state index in [0.717, 1.165) is 0 Å². The van der Waals surface area contributed by atoms with Gasteiger partial charge in [-0.1, -0.05) is 0 Å². The van der Waals surface area contributed by atoms with Gasteiger partial charge in [-0.3, -0.25) is 9.69 Å². The van der Waals surface area contributed by atoms with Crippen LogP contribution < -0.4 is 14.9 Å². The highest BCUT2D eigenvalue weighted by Crippen LogP contribution is 2.22. The van der Waals surface area contributed by atoms with Crippen molar-refractivity contribution in [1.82, 2.24) is 4.72 Å². The predicted molar refractivity (Wildman–Crippen MR) is 99.9 cm³/mol. The molecule has 1 saturated heterocycles. The zero-order valence-corrected chi connectivity index (χ0v) is 15.7. The summed E-state index contributed by atoms with van der Waals surface area (Å²) in [5.41, 5.74) is 0.941. The molecule has 0 aliphatic carbocycles. The number of hydrogen-bond donors (Lipinski definition) is 2. The first-order valence-corrected chi connectivity index (χ1v) is 9.84. The van der Waals surface area contributed by atoms with Crippen LogP contribution in [-0.4, -0.2) is 39.6 Å². The van der Waals surface area contributed by atoms with E-state index in [-0.39, 0.29) is 23.9 Å². The van der Waals surface area contributed by atoms with Gasteiger partial charge in [0.15, 0.2) is 0 Å². The molecule has 0 unspecified atom stereocenters. The Kier molecular flexibility index (Phi) is 5.61. The molecule has 2 N–H and O–H groups in total. The van der Waals surface area contributed by atoms with Crippen molar-refractivity contribution in [3.63, 3.8) is 0 Å². The van der Waals surface area contributed by atoms with E-state index in [1.165, 1.54) is 60.4 Å². The highest BCUT2D eigenvalue weighted by molar-refractivity contribution is 7.89. The topological polar surface area (TPSA) is 105 Å². The fourth-order valence-electron chi connectivity index (χ4n) is 2.67. The van der Waals surface area contributed by atoms with Crippen molar-refractivity contribution in [2.24, 2.45) is 0 Å². The SMILES string of the molecule is CC(=O)Nc1ccc(S(=O)(=O)NC[C@@H]2CN(c3ccc(F)cc3)C(=O)O2)cc1. The molecular weight excluding hydrogens is 389 g/mol. The molecule has 10 heteroatoms. The van der Waals surface area contributed by atoms with Crippen molar-refractivity contribution < 1.29 is 27.1 Å². The van der Waals surface area contributed by atoms with Crippen LogP contribution in [0.3, 0.4) is 0 Å². The second-order valence-corrected chi connectivity index (χ2v) is 7.92. The molecule has 8 nitrogen and oxygen atoms in total. The molecule has 1 heterocycles.